The molecule has 1 aromatic heterocycles. The zero-order chi connectivity index (χ0) is 20.1. The van der Waals surface area contributed by atoms with Gasteiger partial charge in [0.2, 0.25) is 0 Å². The van der Waals surface area contributed by atoms with E-state index in [1.54, 1.807) is 47.4 Å². The van der Waals surface area contributed by atoms with Gasteiger partial charge in [0.15, 0.2) is 11.2 Å². The van der Waals surface area contributed by atoms with Gasteiger partial charge in [0.25, 0.3) is 11.8 Å². The third-order valence-corrected chi connectivity index (χ3v) is 5.21. The van der Waals surface area contributed by atoms with E-state index in [9.17, 15) is 14.4 Å². The highest BCUT2D eigenvalue weighted by Gasteiger charge is 2.29. The third kappa shape index (κ3) is 2.53. The zero-order valence-electron chi connectivity index (χ0n) is 15.6. The van der Waals surface area contributed by atoms with Crippen molar-refractivity contribution >= 4 is 44.9 Å². The molecule has 1 N–H and O–H groups in total. The van der Waals surface area contributed by atoms with Crippen LogP contribution in [0.1, 0.15) is 27.8 Å². The van der Waals surface area contributed by atoms with Crippen molar-refractivity contribution in [2.75, 3.05) is 16.8 Å². The minimum Gasteiger partial charge on any atom is -0.451 e. The first-order chi connectivity index (χ1) is 14.1. The molecule has 0 saturated carbocycles. The molecule has 4 aromatic rings. The first-order valence-electron chi connectivity index (χ1n) is 9.30. The molecular formula is C23H16N2O4. The lowest BCUT2D eigenvalue weighted by Crippen LogP contribution is -2.25. The van der Waals surface area contributed by atoms with Crippen LogP contribution in [-0.4, -0.2) is 18.4 Å². The van der Waals surface area contributed by atoms with Gasteiger partial charge < -0.3 is 14.6 Å². The monoisotopic (exact) mass is 384 g/mol. The van der Waals surface area contributed by atoms with Crippen LogP contribution in [0, 0.1) is 0 Å². The number of para-hydroxylation sites is 1. The van der Waals surface area contributed by atoms with Crippen LogP contribution in [0.2, 0.25) is 0 Å². The molecule has 5 rings (SSSR count). The summed E-state index contributed by atoms with van der Waals surface area (Å²) >= 11 is 0. The smallest absolute Gasteiger partial charge is 0.291 e. The number of hydrogen-bond acceptors (Lipinski definition) is 4. The lowest BCUT2D eigenvalue weighted by Gasteiger charge is -2.15. The van der Waals surface area contributed by atoms with Gasteiger partial charge in [-0.3, -0.25) is 14.4 Å². The first-order valence-corrected chi connectivity index (χ1v) is 9.30. The Bertz CT molecular complexity index is 1390. The predicted octanol–water partition coefficient (Wildman–Crippen LogP) is 4.18. The van der Waals surface area contributed by atoms with E-state index in [1.165, 1.54) is 6.07 Å². The van der Waals surface area contributed by atoms with Crippen LogP contribution in [0.5, 0.6) is 0 Å². The minimum atomic E-state index is -0.523. The molecule has 6 nitrogen and oxygen atoms in total. The molecule has 142 valence electrons. The highest BCUT2D eigenvalue weighted by Crippen LogP contribution is 2.40. The molecule has 1 aliphatic heterocycles. The van der Waals surface area contributed by atoms with Crippen molar-refractivity contribution < 1.29 is 14.0 Å². The highest BCUT2D eigenvalue weighted by atomic mass is 16.3. The van der Waals surface area contributed by atoms with Gasteiger partial charge in [-0.15, -0.1) is 0 Å². The number of amides is 2. The maximum Gasteiger partial charge on any atom is 0.291 e. The standard InChI is InChI=1S/C23H16N2O4/c1-2-25-17-11-10-16(13-7-5-8-15(21(13)17)23(25)28)24-22(27)20-12-18(26)14-6-3-4-9-19(14)29-20/h3-12H,2H2,1H3,(H,24,27). The van der Waals surface area contributed by atoms with Gasteiger partial charge in [-0.2, -0.15) is 0 Å². The predicted molar refractivity (Wildman–Crippen MR) is 112 cm³/mol. The molecule has 0 radical (unpaired) electrons. The van der Waals surface area contributed by atoms with Crippen molar-refractivity contribution in [2.45, 2.75) is 6.92 Å². The minimum absolute atomic E-state index is 0.0443. The second kappa shape index (κ2) is 6.31. The van der Waals surface area contributed by atoms with Crippen LogP contribution in [0.15, 0.2) is 69.9 Å². The van der Waals surface area contributed by atoms with E-state index in [0.29, 0.717) is 28.8 Å². The van der Waals surface area contributed by atoms with Gasteiger partial charge in [0.05, 0.1) is 11.1 Å². The van der Waals surface area contributed by atoms with Crippen molar-refractivity contribution in [3.8, 4) is 0 Å². The number of fused-ring (bicyclic) bond motifs is 1. The quantitative estimate of drug-likeness (QED) is 0.575. The SMILES string of the molecule is CCN1C(=O)c2cccc3c(NC(=O)c4cc(=O)c5ccccc5o4)ccc1c23. The lowest BCUT2D eigenvalue weighted by molar-refractivity contribution is 0.0988. The number of benzene rings is 3. The summed E-state index contributed by atoms with van der Waals surface area (Å²) < 4.78 is 5.63. The summed E-state index contributed by atoms with van der Waals surface area (Å²) in [6, 6.07) is 17.0. The van der Waals surface area contributed by atoms with E-state index >= 15 is 0 Å². The Hall–Kier alpha value is -3.93. The molecule has 0 spiro atoms. The average Bonchev–Trinajstić information content (AvgIpc) is 3.02. The second-order valence-corrected chi connectivity index (χ2v) is 6.83. The highest BCUT2D eigenvalue weighted by molar-refractivity contribution is 6.27. The van der Waals surface area contributed by atoms with Crippen molar-refractivity contribution in [3.05, 3.63) is 82.2 Å². The maximum absolute atomic E-state index is 12.8. The largest absolute Gasteiger partial charge is 0.451 e. The van der Waals surface area contributed by atoms with Gasteiger partial charge in [-0.05, 0) is 37.3 Å². The Balaban J connectivity index is 1.59. The van der Waals surface area contributed by atoms with Gasteiger partial charge in [0, 0.05) is 34.6 Å². The molecule has 2 heterocycles. The van der Waals surface area contributed by atoms with Gasteiger partial charge in [0.1, 0.15) is 5.58 Å². The van der Waals surface area contributed by atoms with Crippen molar-refractivity contribution in [3.63, 3.8) is 0 Å². The Morgan fingerprint density at radius 2 is 1.79 bits per heavy atom. The number of hydrogen-bond donors (Lipinski definition) is 1. The fourth-order valence-corrected chi connectivity index (χ4v) is 3.87. The topological polar surface area (TPSA) is 79.6 Å². The molecule has 3 aromatic carbocycles. The molecule has 0 saturated heterocycles. The lowest BCUT2D eigenvalue weighted by atomic mass is 10.0. The van der Waals surface area contributed by atoms with E-state index < -0.39 is 5.91 Å². The first kappa shape index (κ1) is 17.2. The van der Waals surface area contributed by atoms with E-state index in [-0.39, 0.29) is 17.1 Å². The normalized spacial score (nSPS) is 12.7. The number of nitrogens with zero attached hydrogens (tertiary/aromatic N) is 1. The van der Waals surface area contributed by atoms with Gasteiger partial charge in [-0.1, -0.05) is 24.3 Å². The van der Waals surface area contributed by atoms with E-state index in [0.717, 1.165) is 16.5 Å². The summed E-state index contributed by atoms with van der Waals surface area (Å²) in [4.78, 5) is 39.4. The maximum atomic E-state index is 12.8. The molecule has 2 amide bonds. The molecule has 1 aliphatic rings. The molecule has 0 atom stereocenters. The molecule has 0 bridgehead atoms. The second-order valence-electron chi connectivity index (χ2n) is 6.83. The van der Waals surface area contributed by atoms with Gasteiger partial charge >= 0.3 is 0 Å². The number of carbonyl (C=O) groups is 2. The van der Waals surface area contributed by atoms with Crippen LogP contribution in [0.4, 0.5) is 11.4 Å². The number of anilines is 2. The van der Waals surface area contributed by atoms with E-state index in [4.69, 9.17) is 4.42 Å². The summed E-state index contributed by atoms with van der Waals surface area (Å²) in [6.07, 6.45) is 0. The Morgan fingerprint density at radius 1 is 1.00 bits per heavy atom. The molecule has 6 heteroatoms. The number of rotatable bonds is 3. The summed E-state index contributed by atoms with van der Waals surface area (Å²) in [5, 5.41) is 4.83. The summed E-state index contributed by atoms with van der Waals surface area (Å²) in [5.74, 6) is -0.634. The average molecular weight is 384 g/mol. The van der Waals surface area contributed by atoms with E-state index in [1.807, 2.05) is 19.1 Å². The fourth-order valence-electron chi connectivity index (χ4n) is 3.87. The summed E-state index contributed by atoms with van der Waals surface area (Å²) in [7, 11) is 0. The van der Waals surface area contributed by atoms with Crippen LogP contribution < -0.4 is 15.6 Å². The zero-order valence-corrected chi connectivity index (χ0v) is 15.6. The van der Waals surface area contributed by atoms with Crippen molar-refractivity contribution in [1.29, 1.82) is 0 Å². The molecular weight excluding hydrogens is 368 g/mol. The fraction of sp³-hybridized carbons (Fsp3) is 0.0870. The van der Waals surface area contributed by atoms with E-state index in [2.05, 4.69) is 5.32 Å². The number of carbonyl (C=O) groups excluding carboxylic acids is 2. The van der Waals surface area contributed by atoms with Crippen molar-refractivity contribution in [1.82, 2.24) is 0 Å². The molecule has 0 fully saturated rings. The Morgan fingerprint density at radius 3 is 2.62 bits per heavy atom. The van der Waals surface area contributed by atoms with Crippen molar-refractivity contribution in [2.24, 2.45) is 0 Å². The molecule has 0 unspecified atom stereocenters. The third-order valence-electron chi connectivity index (χ3n) is 5.21. The molecule has 29 heavy (non-hydrogen) atoms. The number of nitrogens with one attached hydrogen (secondary N) is 1. The Kier molecular flexibility index (Phi) is 3.74. The molecule has 0 aliphatic carbocycles. The van der Waals surface area contributed by atoms with Crippen LogP contribution >= 0.6 is 0 Å². The summed E-state index contributed by atoms with van der Waals surface area (Å²) in [6.45, 7) is 2.49. The summed E-state index contributed by atoms with van der Waals surface area (Å²) in [5.41, 5.74) is 2.08. The van der Waals surface area contributed by atoms with Gasteiger partial charge in [-0.25, -0.2) is 0 Å². The van der Waals surface area contributed by atoms with Crippen LogP contribution in [0.3, 0.4) is 0 Å². The Labute approximate surface area is 165 Å². The van der Waals surface area contributed by atoms with Crippen LogP contribution in [0.25, 0.3) is 21.7 Å². The van der Waals surface area contributed by atoms with Crippen LogP contribution in [-0.2, 0) is 0 Å².